The van der Waals surface area contributed by atoms with Gasteiger partial charge in [0.2, 0.25) is 15.9 Å². The molecule has 1 amide bonds. The lowest BCUT2D eigenvalue weighted by Gasteiger charge is -2.30. The molecule has 2 heterocycles. The van der Waals surface area contributed by atoms with Crippen molar-refractivity contribution in [1.29, 1.82) is 0 Å². The molecule has 2 rings (SSSR count). The number of nitrogens with one attached hydrogen (secondary N) is 1. The van der Waals surface area contributed by atoms with E-state index in [2.05, 4.69) is 10.3 Å². The minimum Gasteiger partial charge on any atom is -0.324 e. The highest BCUT2D eigenvalue weighted by Gasteiger charge is 2.31. The van der Waals surface area contributed by atoms with Gasteiger partial charge in [0.25, 0.3) is 0 Å². The number of pyridine rings is 1. The predicted molar refractivity (Wildman–Crippen MR) is 76.6 cm³/mol. The Balaban J connectivity index is 2.00. The molecule has 0 radical (unpaired) electrons. The van der Waals surface area contributed by atoms with Crippen LogP contribution in [0.3, 0.4) is 0 Å². The van der Waals surface area contributed by atoms with Crippen LogP contribution in [0.2, 0.25) is 0 Å². The van der Waals surface area contributed by atoms with Gasteiger partial charge >= 0.3 is 0 Å². The van der Waals surface area contributed by atoms with Crippen LogP contribution in [-0.2, 0) is 14.8 Å². The van der Waals surface area contributed by atoms with E-state index in [-0.39, 0.29) is 24.1 Å². The second-order valence-corrected chi connectivity index (χ2v) is 7.09. The first-order valence-electron chi connectivity index (χ1n) is 6.71. The van der Waals surface area contributed by atoms with E-state index in [1.165, 1.54) is 4.31 Å². The Labute approximate surface area is 119 Å². The summed E-state index contributed by atoms with van der Waals surface area (Å²) < 4.78 is 25.2. The van der Waals surface area contributed by atoms with Crippen LogP contribution in [0.15, 0.2) is 24.5 Å². The number of aromatic nitrogens is 1. The van der Waals surface area contributed by atoms with E-state index in [0.29, 0.717) is 25.1 Å². The van der Waals surface area contributed by atoms with Crippen molar-refractivity contribution in [3.63, 3.8) is 0 Å². The Morgan fingerprint density at radius 2 is 2.35 bits per heavy atom. The Morgan fingerprint density at radius 1 is 1.55 bits per heavy atom. The number of piperidine rings is 1. The summed E-state index contributed by atoms with van der Waals surface area (Å²) >= 11 is 0. The molecule has 0 bridgehead atoms. The molecule has 0 spiro atoms. The van der Waals surface area contributed by atoms with Crippen molar-refractivity contribution in [1.82, 2.24) is 9.29 Å². The topological polar surface area (TPSA) is 79.4 Å². The van der Waals surface area contributed by atoms with Gasteiger partial charge in [-0.1, -0.05) is 0 Å². The molecule has 1 atom stereocenters. The molecule has 1 fully saturated rings. The van der Waals surface area contributed by atoms with Gasteiger partial charge in [0, 0.05) is 19.3 Å². The second-order valence-electron chi connectivity index (χ2n) is 4.83. The number of carbonyl (C=O) groups excluding carboxylic acids is 1. The summed E-state index contributed by atoms with van der Waals surface area (Å²) in [7, 11) is -3.22. The van der Waals surface area contributed by atoms with E-state index in [4.69, 9.17) is 0 Å². The van der Waals surface area contributed by atoms with E-state index in [1.807, 2.05) is 0 Å². The second kappa shape index (κ2) is 6.32. The van der Waals surface area contributed by atoms with E-state index in [9.17, 15) is 13.2 Å². The molecule has 20 heavy (non-hydrogen) atoms. The molecule has 6 nitrogen and oxygen atoms in total. The number of amides is 1. The van der Waals surface area contributed by atoms with Gasteiger partial charge in [0.05, 0.1) is 23.6 Å². The third kappa shape index (κ3) is 3.55. The van der Waals surface area contributed by atoms with Crippen molar-refractivity contribution in [3.8, 4) is 0 Å². The Morgan fingerprint density at radius 3 is 3.00 bits per heavy atom. The van der Waals surface area contributed by atoms with Gasteiger partial charge in [0.15, 0.2) is 0 Å². The van der Waals surface area contributed by atoms with E-state index >= 15 is 0 Å². The van der Waals surface area contributed by atoms with Crippen molar-refractivity contribution >= 4 is 21.6 Å². The average Bonchev–Trinajstić information content (AvgIpc) is 2.48. The van der Waals surface area contributed by atoms with Crippen molar-refractivity contribution in [3.05, 3.63) is 24.5 Å². The van der Waals surface area contributed by atoms with Gasteiger partial charge < -0.3 is 5.32 Å². The highest BCUT2D eigenvalue weighted by atomic mass is 32.2. The highest BCUT2D eigenvalue weighted by molar-refractivity contribution is 7.89. The maximum atomic E-state index is 12.2. The molecule has 1 unspecified atom stereocenters. The molecule has 0 aliphatic carbocycles. The maximum absolute atomic E-state index is 12.2. The summed E-state index contributed by atoms with van der Waals surface area (Å²) in [6.45, 7) is 2.39. The van der Waals surface area contributed by atoms with Gasteiger partial charge in [-0.05, 0) is 31.9 Å². The Kier molecular flexibility index (Phi) is 4.72. The van der Waals surface area contributed by atoms with Crippen LogP contribution < -0.4 is 5.32 Å². The van der Waals surface area contributed by atoms with Gasteiger partial charge in [-0.3, -0.25) is 9.78 Å². The fraction of sp³-hybridized carbons (Fsp3) is 0.538. The van der Waals surface area contributed by atoms with Crippen LogP contribution in [0.25, 0.3) is 0 Å². The van der Waals surface area contributed by atoms with Crippen molar-refractivity contribution in [2.45, 2.75) is 19.8 Å². The number of carbonyl (C=O) groups is 1. The zero-order chi connectivity index (χ0) is 14.6. The number of nitrogens with zero attached hydrogens (tertiary/aromatic N) is 2. The first kappa shape index (κ1) is 14.9. The molecule has 1 aliphatic heterocycles. The number of anilines is 1. The summed E-state index contributed by atoms with van der Waals surface area (Å²) in [5.41, 5.74) is 0.632. The van der Waals surface area contributed by atoms with Crippen LogP contribution in [-0.4, -0.2) is 42.5 Å². The first-order chi connectivity index (χ1) is 9.53. The molecule has 1 aromatic heterocycles. The lowest BCUT2D eigenvalue weighted by Crippen LogP contribution is -2.44. The lowest BCUT2D eigenvalue weighted by atomic mass is 9.99. The molecule has 1 aliphatic rings. The van der Waals surface area contributed by atoms with Crippen molar-refractivity contribution in [2.24, 2.45) is 5.92 Å². The smallest absolute Gasteiger partial charge is 0.228 e. The normalized spacial score (nSPS) is 20.6. The minimum absolute atomic E-state index is 0.0734. The van der Waals surface area contributed by atoms with Crippen molar-refractivity contribution in [2.75, 3.05) is 24.2 Å². The van der Waals surface area contributed by atoms with Crippen LogP contribution >= 0.6 is 0 Å². The van der Waals surface area contributed by atoms with Gasteiger partial charge in [-0.2, -0.15) is 0 Å². The van der Waals surface area contributed by atoms with Crippen molar-refractivity contribution < 1.29 is 13.2 Å². The van der Waals surface area contributed by atoms with Gasteiger partial charge in [0.1, 0.15) is 0 Å². The molecular weight excluding hydrogens is 278 g/mol. The average molecular weight is 297 g/mol. The summed E-state index contributed by atoms with van der Waals surface area (Å²) in [6.07, 6.45) is 4.62. The van der Waals surface area contributed by atoms with Crippen LogP contribution in [0, 0.1) is 5.92 Å². The number of rotatable bonds is 4. The highest BCUT2D eigenvalue weighted by Crippen LogP contribution is 2.21. The third-order valence-corrected chi connectivity index (χ3v) is 5.29. The minimum atomic E-state index is -3.22. The summed E-state index contributed by atoms with van der Waals surface area (Å²) in [5, 5.41) is 2.78. The van der Waals surface area contributed by atoms with Gasteiger partial charge in [-0.15, -0.1) is 0 Å². The third-order valence-electron chi connectivity index (χ3n) is 3.44. The van der Waals surface area contributed by atoms with Gasteiger partial charge in [-0.25, -0.2) is 12.7 Å². The molecular formula is C13H19N3O3S. The first-order valence-corrected chi connectivity index (χ1v) is 8.32. The van der Waals surface area contributed by atoms with Crippen LogP contribution in [0.4, 0.5) is 5.69 Å². The largest absolute Gasteiger partial charge is 0.324 e. The maximum Gasteiger partial charge on any atom is 0.228 e. The number of hydrogen-bond acceptors (Lipinski definition) is 4. The van der Waals surface area contributed by atoms with E-state index in [1.54, 1.807) is 31.5 Å². The molecule has 0 aromatic carbocycles. The molecule has 1 aromatic rings. The lowest BCUT2D eigenvalue weighted by molar-refractivity contribution is -0.120. The van der Waals surface area contributed by atoms with Crippen LogP contribution in [0.5, 0.6) is 0 Å². The molecule has 1 N–H and O–H groups in total. The van der Waals surface area contributed by atoms with E-state index < -0.39 is 10.0 Å². The summed E-state index contributed by atoms with van der Waals surface area (Å²) in [6, 6.07) is 3.50. The quantitative estimate of drug-likeness (QED) is 0.902. The predicted octanol–water partition coefficient (Wildman–Crippen LogP) is 1.08. The summed E-state index contributed by atoms with van der Waals surface area (Å²) in [5.74, 6) is -0.372. The summed E-state index contributed by atoms with van der Waals surface area (Å²) in [4.78, 5) is 16.1. The van der Waals surface area contributed by atoms with Crippen LogP contribution in [0.1, 0.15) is 19.8 Å². The fourth-order valence-electron chi connectivity index (χ4n) is 2.27. The molecule has 110 valence electrons. The fourth-order valence-corrected chi connectivity index (χ4v) is 3.45. The Bertz CT molecular complexity index is 559. The number of hydrogen-bond donors (Lipinski definition) is 1. The van der Waals surface area contributed by atoms with E-state index in [0.717, 1.165) is 0 Å². The standard InChI is InChI=1S/C13H19N3O3S/c1-2-20(18,19)16-8-4-5-11(10-16)13(17)15-12-6-3-7-14-9-12/h3,6-7,9,11H,2,4-5,8,10H2,1H3,(H,15,17). The molecule has 0 saturated carbocycles. The SMILES string of the molecule is CCS(=O)(=O)N1CCCC(C(=O)Nc2cccnc2)C1. The molecule has 7 heteroatoms. The monoisotopic (exact) mass is 297 g/mol. The molecule has 1 saturated heterocycles. The number of sulfonamides is 1. The zero-order valence-electron chi connectivity index (χ0n) is 11.4. The zero-order valence-corrected chi connectivity index (χ0v) is 12.3. The Hall–Kier alpha value is -1.47.